The van der Waals surface area contributed by atoms with Gasteiger partial charge in [-0.3, -0.25) is 0 Å². The Kier molecular flexibility index (Phi) is 4.71. The zero-order valence-electron chi connectivity index (χ0n) is 15.6. The monoisotopic (exact) mass is 362 g/mol. The van der Waals surface area contributed by atoms with Crippen LogP contribution < -0.4 is 0 Å². The molecule has 0 aromatic rings. The highest BCUT2D eigenvalue weighted by atomic mass is 32.2. The lowest BCUT2D eigenvalue weighted by molar-refractivity contribution is -0.160. The van der Waals surface area contributed by atoms with Crippen LogP contribution >= 0.6 is 11.8 Å². The molecular weight excluding hydrogens is 328 g/mol. The van der Waals surface area contributed by atoms with E-state index in [2.05, 4.69) is 23.9 Å². The van der Waals surface area contributed by atoms with Gasteiger partial charge in [0.05, 0.1) is 13.2 Å². The van der Waals surface area contributed by atoms with Crippen LogP contribution in [-0.2, 0) is 9.47 Å². The van der Waals surface area contributed by atoms with Gasteiger partial charge in [0.1, 0.15) is 0 Å². The van der Waals surface area contributed by atoms with Crippen molar-refractivity contribution in [3.8, 4) is 0 Å². The van der Waals surface area contributed by atoms with Gasteiger partial charge in [0.25, 0.3) is 0 Å². The molecule has 140 valence electrons. The van der Waals surface area contributed by atoms with Gasteiger partial charge in [-0.15, -0.1) is 0 Å². The maximum Gasteiger partial charge on any atom is 0.172 e. The van der Waals surface area contributed by atoms with E-state index in [4.69, 9.17) is 9.47 Å². The van der Waals surface area contributed by atoms with Gasteiger partial charge in [0.15, 0.2) is 5.79 Å². The lowest BCUT2D eigenvalue weighted by atomic mass is 9.69. The average molecular weight is 363 g/mol. The van der Waals surface area contributed by atoms with Gasteiger partial charge in [-0.2, -0.15) is 11.8 Å². The Balaban J connectivity index is 0.000000122. The van der Waals surface area contributed by atoms with Gasteiger partial charge in [0.2, 0.25) is 0 Å². The van der Waals surface area contributed by atoms with Crippen molar-refractivity contribution in [2.24, 2.45) is 17.8 Å². The molecule has 0 aromatic carbocycles. The van der Waals surface area contributed by atoms with Crippen LogP contribution in [0.15, 0.2) is 12.2 Å². The van der Waals surface area contributed by atoms with E-state index < -0.39 is 0 Å². The van der Waals surface area contributed by atoms with Crippen LogP contribution in [-0.4, -0.2) is 29.0 Å². The second-order valence-electron chi connectivity index (χ2n) is 9.25. The number of hydrogen-bond donors (Lipinski definition) is 0. The Labute approximate surface area is 157 Å². The molecule has 4 aliphatic carbocycles. The largest absolute Gasteiger partial charge is 0.347 e. The molecule has 2 heterocycles. The first kappa shape index (κ1) is 17.1. The molecule has 4 atom stereocenters. The molecule has 0 aromatic heterocycles. The number of hydrogen-bond acceptors (Lipinski definition) is 3. The highest BCUT2D eigenvalue weighted by molar-refractivity contribution is 8.01. The Bertz CT molecular complexity index is 506. The molecule has 2 saturated heterocycles. The van der Waals surface area contributed by atoms with Crippen molar-refractivity contribution in [2.45, 2.75) is 92.8 Å². The first-order valence-corrected chi connectivity index (χ1v) is 11.8. The van der Waals surface area contributed by atoms with E-state index in [0.717, 1.165) is 60.2 Å². The second kappa shape index (κ2) is 6.87. The van der Waals surface area contributed by atoms with Gasteiger partial charge in [-0.25, -0.2) is 0 Å². The highest BCUT2D eigenvalue weighted by Crippen LogP contribution is 2.66. The third-order valence-electron chi connectivity index (χ3n) is 7.77. The Morgan fingerprint density at radius 2 is 1.72 bits per heavy atom. The summed E-state index contributed by atoms with van der Waals surface area (Å²) in [7, 11) is 0. The van der Waals surface area contributed by atoms with Crippen molar-refractivity contribution < 1.29 is 9.47 Å². The molecule has 6 aliphatic rings. The SMILES string of the molecule is C1=CCC2(CC1)OCCO2.C1CCC2C(C1)C1CCC(C1)SC21CC1. The fourth-order valence-electron chi connectivity index (χ4n) is 6.42. The summed E-state index contributed by atoms with van der Waals surface area (Å²) in [6, 6.07) is 0. The molecule has 6 rings (SSSR count). The van der Waals surface area contributed by atoms with Crippen molar-refractivity contribution >= 4 is 11.8 Å². The molecule has 5 fully saturated rings. The van der Waals surface area contributed by atoms with Crippen LogP contribution in [0, 0.1) is 17.8 Å². The average Bonchev–Trinajstić information content (AvgIpc) is 3.10. The molecule has 4 unspecified atom stereocenters. The molecule has 2 spiro atoms. The molecule has 3 heteroatoms. The van der Waals surface area contributed by atoms with Gasteiger partial charge >= 0.3 is 0 Å². The van der Waals surface area contributed by atoms with E-state index in [-0.39, 0.29) is 5.79 Å². The zero-order valence-corrected chi connectivity index (χ0v) is 16.4. The van der Waals surface area contributed by atoms with E-state index in [9.17, 15) is 0 Å². The van der Waals surface area contributed by atoms with E-state index in [1.807, 2.05) is 0 Å². The first-order valence-electron chi connectivity index (χ1n) is 10.9. The van der Waals surface area contributed by atoms with E-state index in [0.29, 0.717) is 0 Å². The number of fused-ring (bicyclic) bond motifs is 5. The van der Waals surface area contributed by atoms with Crippen LogP contribution in [0.2, 0.25) is 0 Å². The normalized spacial score (nSPS) is 42.6. The number of rotatable bonds is 0. The Morgan fingerprint density at radius 3 is 2.48 bits per heavy atom. The summed E-state index contributed by atoms with van der Waals surface area (Å²) in [6.45, 7) is 1.54. The van der Waals surface area contributed by atoms with Crippen molar-refractivity contribution in [2.75, 3.05) is 13.2 Å². The smallest absolute Gasteiger partial charge is 0.172 e. The molecule has 3 saturated carbocycles. The topological polar surface area (TPSA) is 18.5 Å². The van der Waals surface area contributed by atoms with Crippen molar-refractivity contribution in [3.63, 3.8) is 0 Å². The van der Waals surface area contributed by atoms with Gasteiger partial charge in [0, 0.05) is 22.8 Å². The van der Waals surface area contributed by atoms with Crippen LogP contribution in [0.1, 0.15) is 77.0 Å². The van der Waals surface area contributed by atoms with Crippen LogP contribution in [0.5, 0.6) is 0 Å². The third kappa shape index (κ3) is 3.34. The first-order chi connectivity index (χ1) is 12.3. The van der Waals surface area contributed by atoms with Crippen molar-refractivity contribution in [1.82, 2.24) is 0 Å². The molecule has 25 heavy (non-hydrogen) atoms. The summed E-state index contributed by atoms with van der Waals surface area (Å²) in [4.78, 5) is 0. The predicted octanol–water partition coefficient (Wildman–Crippen LogP) is 5.71. The van der Waals surface area contributed by atoms with E-state index in [1.165, 1.54) is 0 Å². The summed E-state index contributed by atoms with van der Waals surface area (Å²) in [6.07, 6.45) is 21.5. The number of thioether (sulfide) groups is 1. The minimum Gasteiger partial charge on any atom is -0.347 e. The van der Waals surface area contributed by atoms with Crippen LogP contribution in [0.3, 0.4) is 0 Å². The molecule has 0 N–H and O–H groups in total. The number of ether oxygens (including phenoxy) is 2. The maximum atomic E-state index is 5.51. The fraction of sp³-hybridized carbons (Fsp3) is 0.909. The van der Waals surface area contributed by atoms with Crippen molar-refractivity contribution in [1.29, 1.82) is 0 Å². The quantitative estimate of drug-likeness (QED) is 0.514. The summed E-state index contributed by atoms with van der Waals surface area (Å²) in [5, 5.41) is 1.07. The standard InChI is InChI=1S/C14H22S.C8H12O2/c1-2-4-13-12(3-1)10-5-6-11(9-10)15-14(13)7-8-14;1-2-4-8(5-3-1)9-6-7-10-8/h10-13H,1-9H2;1-2H,3-7H2. The summed E-state index contributed by atoms with van der Waals surface area (Å²) in [5.41, 5.74) is 0. The minimum absolute atomic E-state index is 0.214. The minimum atomic E-state index is -0.214. The molecule has 2 aliphatic heterocycles. The zero-order chi connectivity index (χ0) is 16.7. The predicted molar refractivity (Wildman–Crippen MR) is 104 cm³/mol. The number of allylic oxidation sites excluding steroid dienone is 1. The second-order valence-corrected chi connectivity index (χ2v) is 11.0. The molecule has 2 nitrogen and oxygen atoms in total. The van der Waals surface area contributed by atoms with Crippen LogP contribution in [0.4, 0.5) is 0 Å². The van der Waals surface area contributed by atoms with Gasteiger partial charge in [-0.1, -0.05) is 25.0 Å². The third-order valence-corrected chi connectivity index (χ3v) is 9.71. The van der Waals surface area contributed by atoms with Gasteiger partial charge in [-0.05, 0) is 69.1 Å². The highest BCUT2D eigenvalue weighted by Gasteiger charge is 2.58. The summed E-state index contributed by atoms with van der Waals surface area (Å²) >= 11 is 2.45. The van der Waals surface area contributed by atoms with Crippen LogP contribution in [0.25, 0.3) is 0 Å². The summed E-state index contributed by atoms with van der Waals surface area (Å²) < 4.78 is 11.8. The lowest BCUT2D eigenvalue weighted by Crippen LogP contribution is -2.33. The van der Waals surface area contributed by atoms with Gasteiger partial charge < -0.3 is 9.47 Å². The van der Waals surface area contributed by atoms with E-state index in [1.54, 1.807) is 57.8 Å². The van der Waals surface area contributed by atoms with Crippen molar-refractivity contribution in [3.05, 3.63) is 12.2 Å². The molecule has 2 bridgehead atoms. The summed E-state index contributed by atoms with van der Waals surface area (Å²) in [5.74, 6) is 3.23. The fourth-order valence-corrected chi connectivity index (χ4v) is 8.49. The maximum absolute atomic E-state index is 5.51. The Morgan fingerprint density at radius 1 is 0.880 bits per heavy atom. The lowest BCUT2D eigenvalue weighted by Gasteiger charge is -2.39. The molecule has 0 radical (unpaired) electrons. The Hall–Kier alpha value is 0.0100. The van der Waals surface area contributed by atoms with E-state index >= 15 is 0 Å². The molecule has 0 amide bonds. The molecular formula is C22H34O2S.